The molecule has 0 amide bonds. The predicted molar refractivity (Wildman–Crippen MR) is 91.9 cm³/mol. The Hall–Kier alpha value is -3.38. The number of carboxylic acid groups (broad SMARTS) is 1. The van der Waals surface area contributed by atoms with Gasteiger partial charge >= 0.3 is 5.97 Å². The van der Waals surface area contributed by atoms with Crippen molar-refractivity contribution in [3.8, 4) is 0 Å². The van der Waals surface area contributed by atoms with Crippen molar-refractivity contribution in [2.45, 2.75) is 0 Å². The summed E-state index contributed by atoms with van der Waals surface area (Å²) >= 11 is 0. The summed E-state index contributed by atoms with van der Waals surface area (Å²) in [5, 5.41) is 11.8. The maximum atomic E-state index is 11.6. The highest BCUT2D eigenvalue weighted by Crippen LogP contribution is 2.25. The summed E-state index contributed by atoms with van der Waals surface area (Å²) in [6, 6.07) is 18.6. The van der Waals surface area contributed by atoms with Crippen molar-refractivity contribution in [1.29, 1.82) is 0 Å². The first-order chi connectivity index (χ1) is 11.7. The zero-order chi connectivity index (χ0) is 16.5. The van der Waals surface area contributed by atoms with Crippen LogP contribution in [0.1, 0.15) is 15.9 Å². The van der Waals surface area contributed by atoms with Gasteiger partial charge in [-0.25, -0.2) is 14.8 Å². The van der Waals surface area contributed by atoms with E-state index in [1.165, 1.54) is 0 Å². The van der Waals surface area contributed by atoms with E-state index in [1.807, 2.05) is 42.6 Å². The summed E-state index contributed by atoms with van der Waals surface area (Å²) in [6.07, 6.45) is 1.85. The van der Waals surface area contributed by atoms with Gasteiger partial charge in [0.15, 0.2) is 0 Å². The fraction of sp³-hybridized carbons (Fsp3) is 0. The number of aromatic carboxylic acids is 1. The first-order valence-electron chi connectivity index (χ1n) is 7.43. The number of rotatable bonds is 3. The van der Waals surface area contributed by atoms with Gasteiger partial charge in [-0.05, 0) is 12.1 Å². The molecule has 0 bridgehead atoms. The summed E-state index contributed by atoms with van der Waals surface area (Å²) in [5.41, 5.74) is 8.81. The Bertz CT molecular complexity index is 954. The summed E-state index contributed by atoms with van der Waals surface area (Å²) in [7, 11) is 0. The molecule has 6 heteroatoms. The van der Waals surface area contributed by atoms with Crippen LogP contribution in [0.4, 0.5) is 5.82 Å². The smallest absolute Gasteiger partial charge is 0.336 e. The highest BCUT2D eigenvalue weighted by molar-refractivity contribution is 6.03. The van der Waals surface area contributed by atoms with Crippen molar-refractivity contribution >= 4 is 28.4 Å². The number of anilines is 1. The molecule has 3 aromatic rings. The van der Waals surface area contributed by atoms with Crippen LogP contribution in [0, 0.1) is 0 Å². The van der Waals surface area contributed by atoms with Crippen LogP contribution in [-0.2, 0) is 0 Å². The van der Waals surface area contributed by atoms with Gasteiger partial charge in [0.05, 0.1) is 23.0 Å². The fourth-order valence-electron chi connectivity index (χ4n) is 2.66. The number of benzene rings is 2. The molecule has 0 aliphatic carbocycles. The molecular formula is C18H14N4O2. The molecule has 24 heavy (non-hydrogen) atoms. The van der Waals surface area contributed by atoms with Gasteiger partial charge in [0, 0.05) is 10.9 Å². The summed E-state index contributed by atoms with van der Waals surface area (Å²) < 4.78 is 0. The molecule has 0 saturated heterocycles. The van der Waals surface area contributed by atoms with Gasteiger partial charge in [-0.1, -0.05) is 48.5 Å². The van der Waals surface area contributed by atoms with E-state index in [0.717, 1.165) is 11.3 Å². The number of pyridine rings is 1. The Kier molecular flexibility index (Phi) is 3.36. The first kappa shape index (κ1) is 14.2. The largest absolute Gasteiger partial charge is 0.478 e. The van der Waals surface area contributed by atoms with E-state index in [4.69, 9.17) is 0 Å². The molecule has 1 aliphatic heterocycles. The van der Waals surface area contributed by atoms with Crippen LogP contribution in [0.15, 0.2) is 66.9 Å². The third-order valence-corrected chi connectivity index (χ3v) is 3.83. The minimum Gasteiger partial charge on any atom is -0.478 e. The number of fused-ring (bicyclic) bond motifs is 1. The number of carbonyl (C=O) groups is 1. The molecule has 2 heterocycles. The third-order valence-electron chi connectivity index (χ3n) is 3.83. The Balaban J connectivity index is 1.77. The molecule has 0 spiro atoms. The van der Waals surface area contributed by atoms with Crippen LogP contribution >= 0.6 is 0 Å². The third kappa shape index (κ3) is 2.45. The Morgan fingerprint density at radius 1 is 1.04 bits per heavy atom. The Labute approximate surface area is 138 Å². The average molecular weight is 318 g/mol. The summed E-state index contributed by atoms with van der Waals surface area (Å²) in [5.74, 6) is -0.473. The molecule has 0 atom stereocenters. The second kappa shape index (κ2) is 5.68. The molecule has 1 aliphatic rings. The molecule has 1 aromatic heterocycles. The monoisotopic (exact) mass is 318 g/mol. The van der Waals surface area contributed by atoms with Gasteiger partial charge in [0.2, 0.25) is 0 Å². The lowest BCUT2D eigenvalue weighted by molar-refractivity contribution is 0.0699. The zero-order valence-electron chi connectivity index (χ0n) is 12.6. The number of hydrogen-bond acceptors (Lipinski definition) is 5. The zero-order valence-corrected chi connectivity index (χ0v) is 12.6. The van der Waals surface area contributed by atoms with E-state index >= 15 is 0 Å². The lowest BCUT2D eigenvalue weighted by atomic mass is 10.1. The van der Waals surface area contributed by atoms with E-state index in [9.17, 15) is 9.90 Å². The van der Waals surface area contributed by atoms with E-state index in [2.05, 4.69) is 15.9 Å². The van der Waals surface area contributed by atoms with Crippen LogP contribution in [0.5, 0.6) is 0 Å². The number of para-hydroxylation sites is 1. The molecular weight excluding hydrogens is 304 g/mol. The van der Waals surface area contributed by atoms with Crippen LogP contribution in [0.3, 0.4) is 0 Å². The van der Waals surface area contributed by atoms with Crippen LogP contribution < -0.4 is 16.0 Å². The number of hydrazine groups is 2. The quantitative estimate of drug-likeness (QED) is 0.689. The average Bonchev–Trinajstić information content (AvgIpc) is 3.11. The molecule has 4 rings (SSSR count). The van der Waals surface area contributed by atoms with Gasteiger partial charge in [-0.2, -0.15) is 0 Å². The van der Waals surface area contributed by atoms with Crippen LogP contribution in [0.2, 0.25) is 0 Å². The highest BCUT2D eigenvalue weighted by atomic mass is 16.4. The van der Waals surface area contributed by atoms with Gasteiger partial charge in [0.25, 0.3) is 0 Å². The maximum Gasteiger partial charge on any atom is 0.336 e. The molecule has 0 radical (unpaired) electrons. The van der Waals surface area contributed by atoms with Crippen molar-refractivity contribution in [3.05, 3.63) is 78.0 Å². The summed E-state index contributed by atoms with van der Waals surface area (Å²) in [4.78, 5) is 16.1. The van der Waals surface area contributed by atoms with Gasteiger partial charge in [-0.15, -0.1) is 5.53 Å². The number of nitrogens with one attached hydrogen (secondary N) is 2. The summed E-state index contributed by atoms with van der Waals surface area (Å²) in [6.45, 7) is 0. The van der Waals surface area contributed by atoms with Crippen molar-refractivity contribution in [2.24, 2.45) is 0 Å². The highest BCUT2D eigenvalue weighted by Gasteiger charge is 2.18. The second-order valence-electron chi connectivity index (χ2n) is 5.37. The van der Waals surface area contributed by atoms with E-state index < -0.39 is 5.97 Å². The fourth-order valence-corrected chi connectivity index (χ4v) is 2.66. The maximum absolute atomic E-state index is 11.6. The standard InChI is InChI=1S/C18H14N4O2/c23-18(24)14-10-17(19-15-9-5-4-8-13(14)15)22-11-16(20-21-22)12-6-2-1-3-7-12/h1-11,20-21H,(H,23,24). The number of aromatic nitrogens is 1. The molecule has 0 fully saturated rings. The molecule has 118 valence electrons. The Morgan fingerprint density at radius 3 is 2.58 bits per heavy atom. The topological polar surface area (TPSA) is 77.5 Å². The second-order valence-corrected chi connectivity index (χ2v) is 5.37. The molecule has 3 N–H and O–H groups in total. The van der Waals surface area contributed by atoms with Crippen LogP contribution in [0.25, 0.3) is 16.6 Å². The van der Waals surface area contributed by atoms with Gasteiger partial charge in [-0.3, -0.25) is 0 Å². The van der Waals surface area contributed by atoms with Crippen molar-refractivity contribution in [3.63, 3.8) is 0 Å². The first-order valence-corrected chi connectivity index (χ1v) is 7.43. The van der Waals surface area contributed by atoms with Crippen molar-refractivity contribution < 1.29 is 9.90 Å². The van der Waals surface area contributed by atoms with Gasteiger partial charge in [0.1, 0.15) is 5.82 Å². The minimum atomic E-state index is -0.978. The van der Waals surface area contributed by atoms with E-state index in [0.29, 0.717) is 16.7 Å². The van der Waals surface area contributed by atoms with Crippen molar-refractivity contribution in [2.75, 3.05) is 5.01 Å². The molecule has 0 unspecified atom stereocenters. The molecule has 0 saturated carbocycles. The number of carboxylic acids is 1. The number of hydrogen-bond donors (Lipinski definition) is 3. The lowest BCUT2D eigenvalue weighted by Gasteiger charge is -2.15. The Morgan fingerprint density at radius 2 is 1.79 bits per heavy atom. The molecule has 2 aromatic carbocycles. The minimum absolute atomic E-state index is 0.221. The van der Waals surface area contributed by atoms with Gasteiger partial charge < -0.3 is 10.5 Å². The van der Waals surface area contributed by atoms with Crippen LogP contribution in [-0.4, -0.2) is 16.1 Å². The van der Waals surface area contributed by atoms with E-state index in [1.54, 1.807) is 29.3 Å². The number of nitrogens with zero attached hydrogens (tertiary/aromatic N) is 2. The van der Waals surface area contributed by atoms with E-state index in [-0.39, 0.29) is 5.56 Å². The predicted octanol–water partition coefficient (Wildman–Crippen LogP) is 2.76. The lowest BCUT2D eigenvalue weighted by Crippen LogP contribution is -2.36. The SMILES string of the molecule is O=C(O)c1cc(N2C=C(c3ccccc3)NN2)nc2ccccc12. The molecule has 6 nitrogen and oxygen atoms in total. The van der Waals surface area contributed by atoms with Crippen molar-refractivity contribution in [1.82, 2.24) is 15.9 Å². The normalized spacial score (nSPS) is 13.7.